The van der Waals surface area contributed by atoms with Crippen LogP contribution in [-0.4, -0.2) is 36.8 Å². The second-order valence-corrected chi connectivity index (χ2v) is 8.44. The Labute approximate surface area is 143 Å². The van der Waals surface area contributed by atoms with E-state index in [1.807, 2.05) is 11.3 Å². The molecular formula is C19H27NO2S. The molecule has 3 aliphatic heterocycles. The predicted molar refractivity (Wildman–Crippen MR) is 93.8 cm³/mol. The molecule has 1 unspecified atom stereocenters. The highest BCUT2D eigenvalue weighted by Crippen LogP contribution is 2.36. The number of rotatable bonds is 3. The first-order valence-corrected chi connectivity index (χ1v) is 9.79. The van der Waals surface area contributed by atoms with E-state index in [-0.39, 0.29) is 5.60 Å². The van der Waals surface area contributed by atoms with Gasteiger partial charge in [0, 0.05) is 36.0 Å². The van der Waals surface area contributed by atoms with Crippen molar-refractivity contribution in [3.8, 4) is 0 Å². The molecule has 0 aromatic carbocycles. The van der Waals surface area contributed by atoms with Gasteiger partial charge in [-0.05, 0) is 51.2 Å². The van der Waals surface area contributed by atoms with E-state index in [1.165, 1.54) is 28.2 Å². The van der Waals surface area contributed by atoms with Crippen molar-refractivity contribution < 1.29 is 9.47 Å². The predicted octanol–water partition coefficient (Wildman–Crippen LogP) is 4.30. The smallest absolute Gasteiger partial charge is 0.0917 e. The zero-order valence-electron chi connectivity index (χ0n) is 14.1. The maximum atomic E-state index is 6.13. The van der Waals surface area contributed by atoms with Crippen molar-refractivity contribution in [1.29, 1.82) is 0 Å². The Morgan fingerprint density at radius 2 is 2.13 bits per heavy atom. The summed E-state index contributed by atoms with van der Waals surface area (Å²) in [6.45, 7) is 7.43. The zero-order valence-corrected chi connectivity index (χ0v) is 14.9. The number of likely N-dealkylation sites (tertiary alicyclic amines) is 1. The maximum Gasteiger partial charge on any atom is 0.0917 e. The van der Waals surface area contributed by atoms with E-state index in [1.54, 1.807) is 0 Å². The molecule has 0 N–H and O–H groups in total. The summed E-state index contributed by atoms with van der Waals surface area (Å²) >= 11 is 1.94. The highest BCUT2D eigenvalue weighted by atomic mass is 32.1. The van der Waals surface area contributed by atoms with Gasteiger partial charge < -0.3 is 9.47 Å². The third-order valence-electron chi connectivity index (χ3n) is 5.41. The first kappa shape index (κ1) is 15.8. The standard InChI is InChI=1S/C19H27NO2S/c1-15-6-12-22-19(13-15)7-9-20(10-8-19)14-16-4-5-18(23-16)17-3-2-11-21-17/h4-5,13,17H,2-3,6-12,14H2,1H3. The molecule has 23 heavy (non-hydrogen) atoms. The average molecular weight is 333 g/mol. The Hall–Kier alpha value is -0.680. The van der Waals surface area contributed by atoms with Gasteiger partial charge in [-0.25, -0.2) is 0 Å². The molecule has 0 bridgehead atoms. The van der Waals surface area contributed by atoms with Crippen LogP contribution >= 0.6 is 11.3 Å². The topological polar surface area (TPSA) is 21.7 Å². The van der Waals surface area contributed by atoms with Crippen molar-refractivity contribution in [3.63, 3.8) is 0 Å². The van der Waals surface area contributed by atoms with Gasteiger partial charge in [-0.3, -0.25) is 4.90 Å². The summed E-state index contributed by atoms with van der Waals surface area (Å²) in [6.07, 6.45) is 8.53. The number of hydrogen-bond acceptors (Lipinski definition) is 4. The summed E-state index contributed by atoms with van der Waals surface area (Å²) in [5, 5.41) is 0. The summed E-state index contributed by atoms with van der Waals surface area (Å²) in [7, 11) is 0. The molecule has 2 saturated heterocycles. The number of thiophene rings is 1. The summed E-state index contributed by atoms with van der Waals surface area (Å²) < 4.78 is 11.9. The molecular weight excluding hydrogens is 306 g/mol. The Bertz CT molecular complexity index is 566. The third kappa shape index (κ3) is 3.55. The first-order valence-electron chi connectivity index (χ1n) is 8.97. The Morgan fingerprint density at radius 1 is 1.26 bits per heavy atom. The fourth-order valence-electron chi connectivity index (χ4n) is 4.03. The van der Waals surface area contributed by atoms with Crippen molar-refractivity contribution >= 4 is 11.3 Å². The Balaban J connectivity index is 1.33. The molecule has 0 aliphatic carbocycles. The van der Waals surface area contributed by atoms with Crippen molar-refractivity contribution in [2.45, 2.75) is 57.3 Å². The molecule has 3 nitrogen and oxygen atoms in total. The van der Waals surface area contributed by atoms with E-state index >= 15 is 0 Å². The lowest BCUT2D eigenvalue weighted by Crippen LogP contribution is -2.46. The van der Waals surface area contributed by atoms with E-state index in [0.29, 0.717) is 6.10 Å². The quantitative estimate of drug-likeness (QED) is 0.770. The number of hydrogen-bond donors (Lipinski definition) is 0. The molecule has 2 fully saturated rings. The number of nitrogens with zero attached hydrogens (tertiary/aromatic N) is 1. The Morgan fingerprint density at radius 3 is 2.87 bits per heavy atom. The van der Waals surface area contributed by atoms with Crippen LogP contribution in [-0.2, 0) is 16.0 Å². The molecule has 4 heteroatoms. The molecule has 3 aliphatic rings. The lowest BCUT2D eigenvalue weighted by molar-refractivity contribution is -0.0575. The fraction of sp³-hybridized carbons (Fsp3) is 0.684. The van der Waals surface area contributed by atoms with Crippen LogP contribution in [0.15, 0.2) is 23.8 Å². The largest absolute Gasteiger partial charge is 0.373 e. The number of ether oxygens (including phenoxy) is 2. The van der Waals surface area contributed by atoms with Gasteiger partial charge >= 0.3 is 0 Å². The van der Waals surface area contributed by atoms with E-state index in [2.05, 4.69) is 30.0 Å². The molecule has 1 aromatic heterocycles. The van der Waals surface area contributed by atoms with Crippen molar-refractivity contribution in [2.24, 2.45) is 0 Å². The lowest BCUT2D eigenvalue weighted by atomic mass is 9.87. The van der Waals surface area contributed by atoms with Crippen molar-refractivity contribution in [1.82, 2.24) is 4.90 Å². The van der Waals surface area contributed by atoms with Gasteiger partial charge in [-0.1, -0.05) is 11.6 Å². The van der Waals surface area contributed by atoms with Gasteiger partial charge in [-0.2, -0.15) is 0 Å². The average Bonchev–Trinajstić information content (AvgIpc) is 3.21. The molecule has 0 saturated carbocycles. The molecule has 1 aromatic rings. The van der Waals surface area contributed by atoms with Crippen LogP contribution in [0, 0.1) is 0 Å². The van der Waals surface area contributed by atoms with Crippen LogP contribution in [0.3, 0.4) is 0 Å². The lowest BCUT2D eigenvalue weighted by Gasteiger charge is -2.42. The van der Waals surface area contributed by atoms with E-state index in [9.17, 15) is 0 Å². The Kier molecular flexibility index (Phi) is 4.59. The van der Waals surface area contributed by atoms with Gasteiger partial charge in [0.2, 0.25) is 0 Å². The normalized spacial score (nSPS) is 28.2. The van der Waals surface area contributed by atoms with E-state index in [4.69, 9.17) is 9.47 Å². The van der Waals surface area contributed by atoms with Crippen LogP contribution in [0.5, 0.6) is 0 Å². The van der Waals surface area contributed by atoms with Crippen molar-refractivity contribution in [2.75, 3.05) is 26.3 Å². The molecule has 0 radical (unpaired) electrons. The van der Waals surface area contributed by atoms with Crippen LogP contribution in [0.4, 0.5) is 0 Å². The summed E-state index contributed by atoms with van der Waals surface area (Å²) in [5.41, 5.74) is 1.54. The number of piperidine rings is 1. The molecule has 4 heterocycles. The second-order valence-electron chi connectivity index (χ2n) is 7.24. The van der Waals surface area contributed by atoms with Gasteiger partial charge in [0.15, 0.2) is 0 Å². The van der Waals surface area contributed by atoms with Crippen LogP contribution in [0.2, 0.25) is 0 Å². The zero-order chi connectivity index (χ0) is 15.7. The minimum Gasteiger partial charge on any atom is -0.373 e. The van der Waals surface area contributed by atoms with Gasteiger partial charge in [-0.15, -0.1) is 11.3 Å². The van der Waals surface area contributed by atoms with Gasteiger partial charge in [0.05, 0.1) is 18.3 Å². The minimum absolute atomic E-state index is 0.0388. The molecule has 126 valence electrons. The van der Waals surface area contributed by atoms with Gasteiger partial charge in [0.1, 0.15) is 0 Å². The summed E-state index contributed by atoms with van der Waals surface area (Å²) in [6, 6.07) is 4.57. The highest BCUT2D eigenvalue weighted by molar-refractivity contribution is 7.12. The van der Waals surface area contributed by atoms with Crippen LogP contribution < -0.4 is 0 Å². The molecule has 4 rings (SSSR count). The van der Waals surface area contributed by atoms with E-state index in [0.717, 1.165) is 52.1 Å². The maximum absolute atomic E-state index is 6.13. The van der Waals surface area contributed by atoms with Crippen LogP contribution in [0.25, 0.3) is 0 Å². The van der Waals surface area contributed by atoms with E-state index < -0.39 is 0 Å². The molecule has 1 atom stereocenters. The highest BCUT2D eigenvalue weighted by Gasteiger charge is 2.35. The van der Waals surface area contributed by atoms with Crippen LogP contribution in [0.1, 0.15) is 54.9 Å². The second kappa shape index (κ2) is 6.67. The summed E-state index contributed by atoms with van der Waals surface area (Å²) in [5.74, 6) is 0. The molecule has 1 spiro atoms. The van der Waals surface area contributed by atoms with Crippen molar-refractivity contribution in [3.05, 3.63) is 33.5 Å². The minimum atomic E-state index is 0.0388. The monoisotopic (exact) mass is 333 g/mol. The first-order chi connectivity index (χ1) is 11.2. The third-order valence-corrected chi connectivity index (χ3v) is 6.57. The SMILES string of the molecule is CC1=CC2(CCN(Cc3ccc(C4CCCO4)s3)CC2)OCC1. The summed E-state index contributed by atoms with van der Waals surface area (Å²) in [4.78, 5) is 5.47. The molecule has 0 amide bonds. The van der Waals surface area contributed by atoms with Gasteiger partial charge in [0.25, 0.3) is 0 Å². The fourth-order valence-corrected chi connectivity index (χ4v) is 5.17.